The summed E-state index contributed by atoms with van der Waals surface area (Å²) in [5.41, 5.74) is -2.89. The molecule has 0 aromatic rings. The number of aliphatic hydroxyl groups is 9. The molecule has 0 spiro atoms. The van der Waals surface area contributed by atoms with Gasteiger partial charge in [-0.3, -0.25) is 4.79 Å². The van der Waals surface area contributed by atoms with Crippen molar-refractivity contribution in [1.82, 2.24) is 0 Å². The van der Waals surface area contributed by atoms with E-state index < -0.39 is 139 Å². The van der Waals surface area contributed by atoms with Crippen LogP contribution < -0.4 is 0 Å². The molecule has 7 fully saturated rings. The molecule has 3 heterocycles. The number of allylic oxidation sites excluding steroid dienone is 2. The number of fused-ring (bicyclic) bond motifs is 7. The zero-order chi connectivity index (χ0) is 52.6. The van der Waals surface area contributed by atoms with Crippen LogP contribution in [0.3, 0.4) is 0 Å². The number of esters is 1. The van der Waals surface area contributed by atoms with Crippen LogP contribution in [-0.4, -0.2) is 182 Å². The summed E-state index contributed by atoms with van der Waals surface area (Å²) in [6.45, 7) is 17.3. The Morgan fingerprint density at radius 3 is 2.00 bits per heavy atom. The van der Waals surface area contributed by atoms with Gasteiger partial charge in [-0.15, -0.1) is 0 Å². The predicted molar refractivity (Wildman–Crippen MR) is 244 cm³/mol. The molecule has 20 heteroatoms. The molecular weight excluding hydrogens is 933 g/mol. The lowest BCUT2D eigenvalue weighted by atomic mass is 9.33. The van der Waals surface area contributed by atoms with Crippen molar-refractivity contribution in [3.63, 3.8) is 0 Å². The summed E-state index contributed by atoms with van der Waals surface area (Å²) >= 11 is 0. The fourth-order valence-electron chi connectivity index (χ4n) is 14.9. The van der Waals surface area contributed by atoms with E-state index in [-0.39, 0.29) is 40.7 Å². The molecule has 20 nitrogen and oxygen atoms in total. The van der Waals surface area contributed by atoms with Gasteiger partial charge in [-0.25, -0.2) is 0 Å². The van der Waals surface area contributed by atoms with Gasteiger partial charge in [0.05, 0.1) is 37.4 Å². The van der Waals surface area contributed by atoms with Gasteiger partial charge in [0, 0.05) is 0 Å². The van der Waals surface area contributed by atoms with Crippen LogP contribution >= 0.6 is 0 Å². The number of aliphatic hydroxyl groups excluding tert-OH is 9. The standard InChI is InChI=1S/C50H80O18.CO2/c1-44(2,3)68-43(61)50-17-16-45(4,5)18-25(50)24-10-11-30-46(6)14-13-32(47(7,23-52)29(46)12-15-48(30,8)49(24,9)19-31(50)55)65-42-39(67-41-37(60)35(58)34(57)28(20-51)64-41)38(27(54)22-63-42)66-40-36(59)33(56)26(53)21-62-40;2-1-3/h10,23,25-42,51,53-60H,11-22H2,1-9H3;/t25?,26-,27-,28?,29-,30?,31?,32+,33+,34+,35+,36?,37?,38+,39?,40+,41+,42+,46?,47-,48?,49-,50-;/m1./s1. The van der Waals surface area contributed by atoms with Crippen LogP contribution in [0.5, 0.6) is 0 Å². The van der Waals surface area contributed by atoms with Crippen molar-refractivity contribution in [2.45, 2.75) is 218 Å². The molecule has 9 N–H and O–H groups in total. The minimum atomic E-state index is -1.87. The van der Waals surface area contributed by atoms with Gasteiger partial charge in [0.15, 0.2) is 18.9 Å². The van der Waals surface area contributed by atoms with Gasteiger partial charge in [0.2, 0.25) is 0 Å². The third-order valence-electron chi connectivity index (χ3n) is 19.0. The average Bonchev–Trinajstić information content (AvgIpc) is 3.29. The van der Waals surface area contributed by atoms with E-state index in [4.69, 9.17) is 42.7 Å². The van der Waals surface area contributed by atoms with Crippen LogP contribution in [0.4, 0.5) is 0 Å². The van der Waals surface area contributed by atoms with Crippen molar-refractivity contribution in [3.05, 3.63) is 11.6 Å². The van der Waals surface area contributed by atoms with Crippen molar-refractivity contribution in [1.29, 1.82) is 0 Å². The van der Waals surface area contributed by atoms with Gasteiger partial charge in [-0.05, 0) is 118 Å². The summed E-state index contributed by atoms with van der Waals surface area (Å²) in [4.78, 5) is 44.5. The summed E-state index contributed by atoms with van der Waals surface area (Å²) in [7, 11) is 0. The Hall–Kier alpha value is -2.34. The minimum Gasteiger partial charge on any atom is -0.459 e. The maximum Gasteiger partial charge on any atom is 0.373 e. The Labute approximate surface area is 415 Å². The van der Waals surface area contributed by atoms with Crippen molar-refractivity contribution in [2.24, 2.45) is 50.2 Å². The van der Waals surface area contributed by atoms with Gasteiger partial charge in [0.25, 0.3) is 0 Å². The first-order valence-corrected chi connectivity index (χ1v) is 25.3. The van der Waals surface area contributed by atoms with E-state index in [1.54, 1.807) is 0 Å². The number of hydrogen-bond acceptors (Lipinski definition) is 20. The van der Waals surface area contributed by atoms with E-state index in [2.05, 4.69) is 40.7 Å². The molecule has 3 aliphatic heterocycles. The largest absolute Gasteiger partial charge is 0.459 e. The lowest BCUT2D eigenvalue weighted by molar-refractivity contribution is -0.384. The normalized spacial score (nSPS) is 50.5. The van der Waals surface area contributed by atoms with E-state index >= 15 is 0 Å². The highest BCUT2D eigenvalue weighted by Crippen LogP contribution is 2.76. The Bertz CT molecular complexity index is 1990. The smallest absolute Gasteiger partial charge is 0.373 e. The molecular formula is C51H80O20. The van der Waals surface area contributed by atoms with Gasteiger partial charge in [0.1, 0.15) is 78.3 Å². The van der Waals surface area contributed by atoms with Crippen LogP contribution in [0.25, 0.3) is 0 Å². The summed E-state index contributed by atoms with van der Waals surface area (Å²) in [6.07, 6.45) is -13.4. The molecule has 8 aliphatic rings. The summed E-state index contributed by atoms with van der Waals surface area (Å²) < 4.78 is 42.6. The van der Waals surface area contributed by atoms with Gasteiger partial charge < -0.3 is 83.9 Å². The first-order chi connectivity index (χ1) is 33.0. The van der Waals surface area contributed by atoms with Crippen LogP contribution in [0.15, 0.2) is 11.6 Å². The topological polar surface area (TPSA) is 315 Å². The van der Waals surface area contributed by atoms with Crippen LogP contribution in [0.1, 0.15) is 120 Å². The van der Waals surface area contributed by atoms with Crippen molar-refractivity contribution < 1.29 is 98.3 Å². The Balaban J connectivity index is 0.00000241. The molecule has 71 heavy (non-hydrogen) atoms. The number of carbonyl (C=O) groups excluding carboxylic acids is 4. The molecule has 0 aromatic carbocycles. The second-order valence-corrected chi connectivity index (χ2v) is 24.6. The molecule has 0 amide bonds. The zero-order valence-electron chi connectivity index (χ0n) is 42.5. The highest BCUT2D eigenvalue weighted by atomic mass is 16.8. The minimum absolute atomic E-state index is 0.0529. The predicted octanol–water partition coefficient (Wildman–Crippen LogP) is 0.808. The number of aldehydes is 1. The Morgan fingerprint density at radius 1 is 0.746 bits per heavy atom. The number of carbonyl (C=O) groups is 2. The second-order valence-electron chi connectivity index (χ2n) is 24.6. The zero-order valence-corrected chi connectivity index (χ0v) is 42.5. The van der Waals surface area contributed by atoms with E-state index in [0.717, 1.165) is 32.0 Å². The Kier molecular flexibility index (Phi) is 16.1. The SMILES string of the molecule is CC1(C)CC[C@]2(C(=O)OC(C)(C)C)C(O)C[C@]3(C)C(=CCC4C5(C)CC[C@H](O[C@@H]6OC[C@@H](O)[C@H](O[C@@H]7OC[C@@H](O)[C@H](O)C7O)C6O[C@@H]6OC(CO)[C@H](O)[C@H](O)C6O)[C@](C)(C=O)[C@@H]5CCC43C)C2C1.O=C=O. The first kappa shape index (κ1) is 56.4. The van der Waals surface area contributed by atoms with Crippen LogP contribution in [-0.2, 0) is 52.3 Å². The molecule has 0 radical (unpaired) electrons. The maximum absolute atomic E-state index is 14.4. The van der Waals surface area contributed by atoms with Crippen LogP contribution in [0.2, 0.25) is 0 Å². The van der Waals surface area contributed by atoms with Gasteiger partial charge in [-0.1, -0.05) is 53.2 Å². The monoisotopic (exact) mass is 1010 g/mol. The quantitative estimate of drug-likeness (QED) is 0.0668. The summed E-state index contributed by atoms with van der Waals surface area (Å²) in [5, 5.41) is 97.5. The maximum atomic E-state index is 14.4. The lowest BCUT2D eigenvalue weighted by Crippen LogP contribution is -2.68. The molecule has 0 bridgehead atoms. The van der Waals surface area contributed by atoms with Crippen LogP contribution in [0, 0.1) is 50.2 Å². The fraction of sp³-hybridized carbons (Fsp3) is 0.902. The summed E-state index contributed by atoms with van der Waals surface area (Å²) in [6, 6.07) is 0. The molecule has 0 aromatic heterocycles. The third-order valence-corrected chi connectivity index (χ3v) is 19.0. The molecule has 9 unspecified atom stereocenters. The molecule has 404 valence electrons. The highest BCUT2D eigenvalue weighted by molar-refractivity contribution is 5.80. The molecule has 5 aliphatic carbocycles. The summed E-state index contributed by atoms with van der Waals surface area (Å²) in [5.74, 6) is -0.641. The Morgan fingerprint density at radius 2 is 1.37 bits per heavy atom. The molecule has 8 rings (SSSR count). The van der Waals surface area contributed by atoms with E-state index in [1.165, 1.54) is 5.57 Å². The average molecular weight is 1010 g/mol. The van der Waals surface area contributed by atoms with Crippen molar-refractivity contribution >= 4 is 18.4 Å². The van der Waals surface area contributed by atoms with E-state index in [0.29, 0.717) is 32.1 Å². The van der Waals surface area contributed by atoms with E-state index in [1.807, 2.05) is 27.7 Å². The second kappa shape index (κ2) is 20.3. The molecule has 4 saturated carbocycles. The van der Waals surface area contributed by atoms with Crippen molar-refractivity contribution in [3.8, 4) is 0 Å². The molecule has 23 atom stereocenters. The number of hydrogen-bond donors (Lipinski definition) is 9. The number of ether oxygens (including phenoxy) is 7. The van der Waals surface area contributed by atoms with E-state index in [9.17, 15) is 55.5 Å². The molecule has 3 saturated heterocycles. The lowest BCUT2D eigenvalue weighted by Gasteiger charge is -2.71. The highest BCUT2D eigenvalue weighted by Gasteiger charge is 2.72. The van der Waals surface area contributed by atoms with Gasteiger partial charge >= 0.3 is 12.1 Å². The number of rotatable bonds is 9. The first-order valence-electron chi connectivity index (χ1n) is 25.3. The fourth-order valence-corrected chi connectivity index (χ4v) is 14.9. The van der Waals surface area contributed by atoms with Crippen molar-refractivity contribution in [2.75, 3.05) is 19.8 Å². The van der Waals surface area contributed by atoms with Gasteiger partial charge in [-0.2, -0.15) is 9.59 Å². The third kappa shape index (κ3) is 9.56.